The lowest BCUT2D eigenvalue weighted by molar-refractivity contribution is -0.133. The molecule has 0 radical (unpaired) electrons. The van der Waals surface area contributed by atoms with Crippen molar-refractivity contribution in [1.82, 2.24) is 19.8 Å². The van der Waals surface area contributed by atoms with Crippen molar-refractivity contribution in [3.05, 3.63) is 54.1 Å². The zero-order chi connectivity index (χ0) is 21.1. The van der Waals surface area contributed by atoms with Crippen LogP contribution in [0.25, 0.3) is 11.0 Å². The van der Waals surface area contributed by atoms with Crippen LogP contribution in [0, 0.1) is 0 Å². The molecule has 2 heterocycles. The molecule has 2 aromatic carbocycles. The molecule has 0 saturated carbocycles. The van der Waals surface area contributed by atoms with Gasteiger partial charge in [-0.05, 0) is 31.5 Å². The van der Waals surface area contributed by atoms with E-state index in [2.05, 4.69) is 16.0 Å². The number of hydrogen-bond donors (Lipinski definition) is 1. The standard InChI is InChI=1S/C23H28N4O2S/c1-4-29-21-12-8-5-9-16(21)14-27-15-17(13-20(27)22(28)26(2)3)30-23-24-18-10-6-7-11-19(18)25-23/h5-12,17,20H,4,13-15H2,1-3H3,(H,24,25)/t17-,20+/m1/s1. The average Bonchev–Trinajstić information content (AvgIpc) is 3.32. The molecular formula is C23H28N4O2S. The highest BCUT2D eigenvalue weighted by Gasteiger charge is 2.38. The van der Waals surface area contributed by atoms with Gasteiger partial charge < -0.3 is 14.6 Å². The summed E-state index contributed by atoms with van der Waals surface area (Å²) < 4.78 is 5.80. The van der Waals surface area contributed by atoms with Gasteiger partial charge in [-0.3, -0.25) is 9.69 Å². The predicted octanol–water partition coefficient (Wildman–Crippen LogP) is 3.79. The smallest absolute Gasteiger partial charge is 0.239 e. The van der Waals surface area contributed by atoms with Gasteiger partial charge in [0.2, 0.25) is 5.91 Å². The number of thioether (sulfide) groups is 1. The van der Waals surface area contributed by atoms with Crippen LogP contribution in [0.15, 0.2) is 53.7 Å². The molecule has 0 spiro atoms. The van der Waals surface area contributed by atoms with E-state index in [1.165, 1.54) is 0 Å². The van der Waals surface area contributed by atoms with Gasteiger partial charge in [-0.15, -0.1) is 0 Å². The fraction of sp³-hybridized carbons (Fsp3) is 0.391. The first-order chi connectivity index (χ1) is 14.5. The van der Waals surface area contributed by atoms with E-state index in [0.717, 1.165) is 40.5 Å². The zero-order valence-electron chi connectivity index (χ0n) is 17.7. The van der Waals surface area contributed by atoms with E-state index in [0.29, 0.717) is 18.4 Å². The summed E-state index contributed by atoms with van der Waals surface area (Å²) in [5, 5.41) is 1.20. The Labute approximate surface area is 181 Å². The number of benzene rings is 2. The number of nitrogens with zero attached hydrogens (tertiary/aromatic N) is 3. The monoisotopic (exact) mass is 424 g/mol. The summed E-state index contributed by atoms with van der Waals surface area (Å²) >= 11 is 1.73. The van der Waals surface area contributed by atoms with Gasteiger partial charge in [0.05, 0.1) is 23.7 Å². The van der Waals surface area contributed by atoms with E-state index in [-0.39, 0.29) is 11.9 Å². The summed E-state index contributed by atoms with van der Waals surface area (Å²) in [7, 11) is 3.66. The van der Waals surface area contributed by atoms with E-state index in [9.17, 15) is 4.79 Å². The summed E-state index contributed by atoms with van der Waals surface area (Å²) in [5.74, 6) is 1.04. The summed E-state index contributed by atoms with van der Waals surface area (Å²) in [5.41, 5.74) is 3.13. The molecule has 7 heteroatoms. The number of aromatic nitrogens is 2. The molecule has 3 aromatic rings. The number of carbonyl (C=O) groups is 1. The first-order valence-corrected chi connectivity index (χ1v) is 11.2. The Kier molecular flexibility index (Phi) is 6.29. The maximum atomic E-state index is 12.9. The van der Waals surface area contributed by atoms with E-state index < -0.39 is 0 Å². The Balaban J connectivity index is 1.53. The van der Waals surface area contributed by atoms with Crippen LogP contribution >= 0.6 is 11.8 Å². The zero-order valence-corrected chi connectivity index (χ0v) is 18.5. The lowest BCUT2D eigenvalue weighted by atomic mass is 10.1. The number of fused-ring (bicyclic) bond motifs is 1. The number of likely N-dealkylation sites (N-methyl/N-ethyl adjacent to an activating group) is 1. The third kappa shape index (κ3) is 4.47. The van der Waals surface area contributed by atoms with Gasteiger partial charge in [-0.1, -0.05) is 42.1 Å². The molecule has 0 unspecified atom stereocenters. The van der Waals surface area contributed by atoms with Gasteiger partial charge in [0.25, 0.3) is 0 Å². The molecule has 1 aromatic heterocycles. The molecule has 30 heavy (non-hydrogen) atoms. The molecular weight excluding hydrogens is 396 g/mol. The number of aromatic amines is 1. The first kappa shape index (κ1) is 20.8. The molecule has 1 saturated heterocycles. The third-order valence-corrected chi connectivity index (χ3v) is 6.47. The second-order valence-corrected chi connectivity index (χ2v) is 9.04. The Morgan fingerprint density at radius 1 is 1.23 bits per heavy atom. The highest BCUT2D eigenvalue weighted by Crippen LogP contribution is 2.34. The van der Waals surface area contributed by atoms with E-state index in [1.807, 2.05) is 63.5 Å². The summed E-state index contributed by atoms with van der Waals surface area (Å²) in [6.07, 6.45) is 0.801. The fourth-order valence-corrected chi connectivity index (χ4v) is 5.15. The van der Waals surface area contributed by atoms with Crippen LogP contribution in [0.4, 0.5) is 0 Å². The molecule has 1 fully saturated rings. The first-order valence-electron chi connectivity index (χ1n) is 10.3. The fourth-order valence-electron chi connectivity index (χ4n) is 3.97. The Hall–Kier alpha value is -2.51. The van der Waals surface area contributed by atoms with Crippen molar-refractivity contribution in [2.45, 2.75) is 36.3 Å². The van der Waals surface area contributed by atoms with Gasteiger partial charge in [0.15, 0.2) is 5.16 Å². The number of para-hydroxylation sites is 3. The minimum atomic E-state index is -0.142. The van der Waals surface area contributed by atoms with E-state index in [1.54, 1.807) is 16.7 Å². The highest BCUT2D eigenvalue weighted by molar-refractivity contribution is 7.99. The Bertz CT molecular complexity index is 986. The number of hydrogen-bond acceptors (Lipinski definition) is 5. The van der Waals surface area contributed by atoms with Crippen LogP contribution in [0.1, 0.15) is 18.9 Å². The van der Waals surface area contributed by atoms with Crippen LogP contribution in [-0.2, 0) is 11.3 Å². The molecule has 2 atom stereocenters. The van der Waals surface area contributed by atoms with Gasteiger partial charge in [-0.25, -0.2) is 4.98 Å². The molecule has 158 valence electrons. The number of amides is 1. The molecule has 1 N–H and O–H groups in total. The van der Waals surface area contributed by atoms with E-state index in [4.69, 9.17) is 9.72 Å². The molecule has 6 nitrogen and oxygen atoms in total. The van der Waals surface area contributed by atoms with Crippen molar-refractivity contribution in [1.29, 1.82) is 0 Å². The van der Waals surface area contributed by atoms with Crippen LogP contribution < -0.4 is 4.74 Å². The average molecular weight is 425 g/mol. The molecule has 0 aliphatic carbocycles. The second-order valence-electron chi connectivity index (χ2n) is 7.75. The summed E-state index contributed by atoms with van der Waals surface area (Å²) in [6, 6.07) is 16.0. The van der Waals surface area contributed by atoms with Crippen molar-refractivity contribution < 1.29 is 9.53 Å². The maximum Gasteiger partial charge on any atom is 0.239 e. The van der Waals surface area contributed by atoms with Crippen LogP contribution in [0.3, 0.4) is 0 Å². The molecule has 1 aliphatic heterocycles. The summed E-state index contributed by atoms with van der Waals surface area (Å²) in [6.45, 7) is 4.14. The molecule has 0 bridgehead atoms. The quantitative estimate of drug-likeness (QED) is 0.625. The van der Waals surface area contributed by atoms with Crippen molar-refractivity contribution in [3.8, 4) is 5.75 Å². The summed E-state index contributed by atoms with van der Waals surface area (Å²) in [4.78, 5) is 25.0. The number of carbonyl (C=O) groups excluding carboxylic acids is 1. The topological polar surface area (TPSA) is 61.5 Å². The molecule has 4 rings (SSSR count). The Morgan fingerprint density at radius 3 is 2.77 bits per heavy atom. The number of likely N-dealkylation sites (tertiary alicyclic amines) is 1. The molecule has 1 amide bonds. The van der Waals surface area contributed by atoms with Crippen molar-refractivity contribution in [2.24, 2.45) is 0 Å². The normalized spacial score (nSPS) is 19.3. The third-order valence-electron chi connectivity index (χ3n) is 5.38. The Morgan fingerprint density at radius 2 is 2.00 bits per heavy atom. The van der Waals surface area contributed by atoms with Crippen molar-refractivity contribution >= 4 is 28.7 Å². The SMILES string of the molecule is CCOc1ccccc1CN1C[C@H](Sc2nc3ccccc3[nH]2)C[C@H]1C(=O)N(C)C. The predicted molar refractivity (Wildman–Crippen MR) is 121 cm³/mol. The highest BCUT2D eigenvalue weighted by atomic mass is 32.2. The lowest BCUT2D eigenvalue weighted by Gasteiger charge is -2.26. The van der Waals surface area contributed by atoms with Crippen LogP contribution in [0.2, 0.25) is 0 Å². The van der Waals surface area contributed by atoms with Crippen molar-refractivity contribution in [2.75, 3.05) is 27.2 Å². The van der Waals surface area contributed by atoms with Gasteiger partial charge in [-0.2, -0.15) is 0 Å². The van der Waals surface area contributed by atoms with Gasteiger partial charge in [0.1, 0.15) is 5.75 Å². The number of nitrogens with one attached hydrogen (secondary N) is 1. The maximum absolute atomic E-state index is 12.9. The second kappa shape index (κ2) is 9.10. The van der Waals surface area contributed by atoms with Gasteiger partial charge >= 0.3 is 0 Å². The number of rotatable bonds is 7. The lowest BCUT2D eigenvalue weighted by Crippen LogP contribution is -2.42. The number of imidazole rings is 1. The van der Waals surface area contributed by atoms with Gasteiger partial charge in [0, 0.05) is 38.0 Å². The van der Waals surface area contributed by atoms with Crippen LogP contribution in [0.5, 0.6) is 5.75 Å². The van der Waals surface area contributed by atoms with Crippen LogP contribution in [-0.4, -0.2) is 64.2 Å². The number of ether oxygens (including phenoxy) is 1. The van der Waals surface area contributed by atoms with Crippen molar-refractivity contribution in [3.63, 3.8) is 0 Å². The number of H-pyrrole nitrogens is 1. The minimum absolute atomic E-state index is 0.142. The van der Waals surface area contributed by atoms with E-state index >= 15 is 0 Å². The minimum Gasteiger partial charge on any atom is -0.494 e. The molecule has 1 aliphatic rings. The largest absolute Gasteiger partial charge is 0.494 e.